The number of benzene rings is 1. The first-order valence-electron chi connectivity index (χ1n) is 9.92. The van der Waals surface area contributed by atoms with E-state index < -0.39 is 0 Å². The predicted molar refractivity (Wildman–Crippen MR) is 108 cm³/mol. The second-order valence-electron chi connectivity index (χ2n) is 7.80. The number of carbonyl (C=O) groups is 1. The Hall–Kier alpha value is -1.92. The van der Waals surface area contributed by atoms with Crippen LogP contribution in [0.2, 0.25) is 5.02 Å². The SMILES string of the molecule is CC1CCCC(OCC(=O)N(Cc2nnc(-c3ccccc3Cl)o2)C(C)C)C1. The number of ether oxygens (including phenoxy) is 1. The minimum Gasteiger partial charge on any atom is -0.419 e. The molecule has 1 aliphatic carbocycles. The van der Waals surface area contributed by atoms with Gasteiger partial charge in [-0.05, 0) is 44.7 Å². The lowest BCUT2D eigenvalue weighted by Gasteiger charge is -2.29. The fourth-order valence-electron chi connectivity index (χ4n) is 3.57. The van der Waals surface area contributed by atoms with Gasteiger partial charge in [-0.2, -0.15) is 0 Å². The van der Waals surface area contributed by atoms with Gasteiger partial charge in [0.1, 0.15) is 6.61 Å². The van der Waals surface area contributed by atoms with Gasteiger partial charge in [-0.25, -0.2) is 0 Å². The van der Waals surface area contributed by atoms with E-state index in [1.807, 2.05) is 32.0 Å². The maximum absolute atomic E-state index is 12.7. The molecule has 2 unspecified atom stereocenters. The van der Waals surface area contributed by atoms with Crippen LogP contribution in [0.15, 0.2) is 28.7 Å². The van der Waals surface area contributed by atoms with E-state index in [1.54, 1.807) is 11.0 Å². The summed E-state index contributed by atoms with van der Waals surface area (Å²) < 4.78 is 11.6. The summed E-state index contributed by atoms with van der Waals surface area (Å²) in [4.78, 5) is 14.4. The highest BCUT2D eigenvalue weighted by Crippen LogP contribution is 2.27. The van der Waals surface area contributed by atoms with Crippen molar-refractivity contribution >= 4 is 17.5 Å². The van der Waals surface area contributed by atoms with E-state index in [2.05, 4.69) is 17.1 Å². The van der Waals surface area contributed by atoms with Crippen LogP contribution in [-0.4, -0.2) is 39.8 Å². The van der Waals surface area contributed by atoms with Crippen LogP contribution >= 0.6 is 11.6 Å². The van der Waals surface area contributed by atoms with Gasteiger partial charge in [-0.1, -0.05) is 43.5 Å². The van der Waals surface area contributed by atoms with Gasteiger partial charge in [0, 0.05) is 6.04 Å². The monoisotopic (exact) mass is 405 g/mol. The van der Waals surface area contributed by atoms with Crippen molar-refractivity contribution in [1.29, 1.82) is 0 Å². The fraction of sp³-hybridized carbons (Fsp3) is 0.571. The second-order valence-corrected chi connectivity index (χ2v) is 8.21. The van der Waals surface area contributed by atoms with Crippen LogP contribution in [0.5, 0.6) is 0 Å². The molecular weight excluding hydrogens is 378 g/mol. The lowest BCUT2D eigenvalue weighted by Crippen LogP contribution is -2.40. The normalized spacial score (nSPS) is 19.8. The molecule has 3 rings (SSSR count). The molecule has 1 saturated carbocycles. The number of rotatable bonds is 7. The van der Waals surface area contributed by atoms with Crippen LogP contribution < -0.4 is 0 Å². The molecule has 1 amide bonds. The van der Waals surface area contributed by atoms with Gasteiger partial charge >= 0.3 is 0 Å². The van der Waals surface area contributed by atoms with Crippen molar-refractivity contribution < 1.29 is 13.9 Å². The molecule has 0 N–H and O–H groups in total. The maximum Gasteiger partial charge on any atom is 0.249 e. The zero-order chi connectivity index (χ0) is 20.1. The molecule has 1 heterocycles. The quantitative estimate of drug-likeness (QED) is 0.666. The molecule has 1 aromatic heterocycles. The maximum atomic E-state index is 12.7. The van der Waals surface area contributed by atoms with E-state index in [-0.39, 0.29) is 31.2 Å². The molecule has 0 aliphatic heterocycles. The molecule has 2 aromatic rings. The van der Waals surface area contributed by atoms with Crippen molar-refractivity contribution in [2.75, 3.05) is 6.61 Å². The highest BCUT2D eigenvalue weighted by atomic mass is 35.5. The van der Waals surface area contributed by atoms with Crippen LogP contribution in [0.3, 0.4) is 0 Å². The first-order chi connectivity index (χ1) is 13.4. The van der Waals surface area contributed by atoms with Gasteiger partial charge in [-0.15, -0.1) is 10.2 Å². The number of hydrogen-bond acceptors (Lipinski definition) is 5. The molecule has 152 valence electrons. The van der Waals surface area contributed by atoms with Crippen LogP contribution in [0.25, 0.3) is 11.5 Å². The third kappa shape index (κ3) is 5.32. The van der Waals surface area contributed by atoms with Crippen molar-refractivity contribution in [3.05, 3.63) is 35.2 Å². The molecule has 1 fully saturated rings. The highest BCUT2D eigenvalue weighted by Gasteiger charge is 2.24. The molecule has 0 spiro atoms. The Labute approximate surface area is 171 Å². The minimum atomic E-state index is -0.0641. The first-order valence-corrected chi connectivity index (χ1v) is 10.3. The second kappa shape index (κ2) is 9.52. The Balaban J connectivity index is 1.61. The Morgan fingerprint density at radius 1 is 1.32 bits per heavy atom. The van der Waals surface area contributed by atoms with Crippen LogP contribution in [0, 0.1) is 5.92 Å². The third-order valence-electron chi connectivity index (χ3n) is 5.15. The average Bonchev–Trinajstić information content (AvgIpc) is 3.13. The van der Waals surface area contributed by atoms with Gasteiger partial charge in [0.05, 0.1) is 23.2 Å². The third-order valence-corrected chi connectivity index (χ3v) is 5.48. The van der Waals surface area contributed by atoms with Gasteiger partial charge in [0.25, 0.3) is 0 Å². The Kier molecular flexibility index (Phi) is 7.08. The standard InChI is InChI=1S/C21H28ClN3O3/c1-14(2)25(20(26)13-27-16-8-6-7-15(3)11-16)12-19-23-24-21(28-19)17-9-4-5-10-18(17)22/h4-5,9-10,14-16H,6-8,11-13H2,1-3H3. The fourth-order valence-corrected chi connectivity index (χ4v) is 3.78. The van der Waals surface area contributed by atoms with E-state index in [0.29, 0.717) is 28.3 Å². The Morgan fingerprint density at radius 3 is 2.82 bits per heavy atom. The van der Waals surface area contributed by atoms with Crippen molar-refractivity contribution in [1.82, 2.24) is 15.1 Å². The number of aromatic nitrogens is 2. The number of nitrogens with zero attached hydrogens (tertiary/aromatic N) is 3. The number of halogens is 1. The molecule has 28 heavy (non-hydrogen) atoms. The summed E-state index contributed by atoms with van der Waals surface area (Å²) in [6, 6.07) is 7.29. The minimum absolute atomic E-state index is 0.00274. The molecule has 1 aromatic carbocycles. The average molecular weight is 406 g/mol. The van der Waals surface area contributed by atoms with E-state index >= 15 is 0 Å². The Bertz CT molecular complexity index is 793. The molecule has 0 saturated heterocycles. The lowest BCUT2D eigenvalue weighted by atomic mass is 9.89. The number of amides is 1. The summed E-state index contributed by atoms with van der Waals surface area (Å²) in [5, 5.41) is 8.71. The van der Waals surface area contributed by atoms with E-state index in [0.717, 1.165) is 12.8 Å². The van der Waals surface area contributed by atoms with E-state index in [4.69, 9.17) is 20.8 Å². The summed E-state index contributed by atoms with van der Waals surface area (Å²) in [5.41, 5.74) is 0.681. The van der Waals surface area contributed by atoms with Gasteiger partial charge in [-0.3, -0.25) is 4.79 Å². The molecule has 0 radical (unpaired) electrons. The molecule has 1 aliphatic rings. The topological polar surface area (TPSA) is 68.5 Å². The van der Waals surface area contributed by atoms with Crippen LogP contribution in [0.4, 0.5) is 0 Å². The van der Waals surface area contributed by atoms with Crippen LogP contribution in [-0.2, 0) is 16.1 Å². The van der Waals surface area contributed by atoms with E-state index in [1.165, 1.54) is 12.8 Å². The summed E-state index contributed by atoms with van der Waals surface area (Å²) in [6.07, 6.45) is 4.65. The molecule has 7 heteroatoms. The van der Waals surface area contributed by atoms with Gasteiger partial charge in [0.15, 0.2) is 0 Å². The van der Waals surface area contributed by atoms with Gasteiger partial charge in [0.2, 0.25) is 17.7 Å². The first kappa shape index (κ1) is 20.8. The molecular formula is C21H28ClN3O3. The summed E-state index contributed by atoms with van der Waals surface area (Å²) >= 11 is 6.19. The zero-order valence-corrected chi connectivity index (χ0v) is 17.5. The van der Waals surface area contributed by atoms with Crippen molar-refractivity contribution in [3.8, 4) is 11.5 Å². The summed E-state index contributed by atoms with van der Waals surface area (Å²) in [5.74, 6) is 1.33. The van der Waals surface area contributed by atoms with Crippen molar-refractivity contribution in [2.45, 2.75) is 65.1 Å². The van der Waals surface area contributed by atoms with Crippen LogP contribution in [0.1, 0.15) is 52.3 Å². The van der Waals surface area contributed by atoms with Crippen molar-refractivity contribution in [3.63, 3.8) is 0 Å². The number of hydrogen-bond donors (Lipinski definition) is 0. The van der Waals surface area contributed by atoms with Crippen molar-refractivity contribution in [2.24, 2.45) is 5.92 Å². The molecule has 2 atom stereocenters. The predicted octanol–water partition coefficient (Wildman–Crippen LogP) is 4.72. The van der Waals surface area contributed by atoms with Gasteiger partial charge < -0.3 is 14.1 Å². The highest BCUT2D eigenvalue weighted by molar-refractivity contribution is 6.33. The molecule has 0 bridgehead atoms. The largest absolute Gasteiger partial charge is 0.419 e. The smallest absolute Gasteiger partial charge is 0.249 e. The Morgan fingerprint density at radius 2 is 2.11 bits per heavy atom. The molecule has 6 nitrogen and oxygen atoms in total. The van der Waals surface area contributed by atoms with E-state index in [9.17, 15) is 4.79 Å². The lowest BCUT2D eigenvalue weighted by molar-refractivity contribution is -0.142. The summed E-state index contributed by atoms with van der Waals surface area (Å²) in [7, 11) is 0. The summed E-state index contributed by atoms with van der Waals surface area (Å²) in [6.45, 7) is 6.50. The zero-order valence-electron chi connectivity index (χ0n) is 16.7. The number of carbonyl (C=O) groups excluding carboxylic acids is 1.